The number of amides is 2. The fraction of sp³-hybridized carbons (Fsp3) is 0.263. The molecule has 0 bridgehead atoms. The molecule has 0 aliphatic carbocycles. The fourth-order valence-electron chi connectivity index (χ4n) is 2.81. The van der Waals surface area contributed by atoms with Crippen LogP contribution < -0.4 is 15.4 Å². The van der Waals surface area contributed by atoms with Crippen LogP contribution in [-0.4, -0.2) is 25.0 Å². The minimum atomic E-state index is -0.221. The van der Waals surface area contributed by atoms with Gasteiger partial charge in [0.15, 0.2) is 0 Å². The van der Waals surface area contributed by atoms with Crippen LogP contribution in [-0.2, 0) is 0 Å². The first-order valence-corrected chi connectivity index (χ1v) is 7.94. The summed E-state index contributed by atoms with van der Waals surface area (Å²) in [6.07, 6.45) is 0.0563. The van der Waals surface area contributed by atoms with Crippen LogP contribution in [0.25, 0.3) is 0 Å². The second-order valence-corrected chi connectivity index (χ2v) is 5.95. The van der Waals surface area contributed by atoms with E-state index in [0.717, 1.165) is 5.56 Å². The molecule has 2 unspecified atom stereocenters. The zero-order valence-corrected chi connectivity index (χ0v) is 13.9. The molecular weight excluding hydrogens is 304 g/mol. The van der Waals surface area contributed by atoms with Crippen LogP contribution in [0.15, 0.2) is 42.5 Å². The first-order valence-electron chi connectivity index (χ1n) is 7.94. The average Bonchev–Trinajstić information content (AvgIpc) is 2.89. The van der Waals surface area contributed by atoms with Gasteiger partial charge in [0.2, 0.25) is 0 Å². The van der Waals surface area contributed by atoms with E-state index in [1.54, 1.807) is 37.4 Å². The van der Waals surface area contributed by atoms with E-state index in [1.165, 1.54) is 0 Å². The van der Waals surface area contributed by atoms with Crippen LogP contribution in [0.5, 0.6) is 5.75 Å². The summed E-state index contributed by atoms with van der Waals surface area (Å²) in [7, 11) is 1.58. The lowest BCUT2D eigenvalue weighted by atomic mass is 9.97. The molecule has 5 heteroatoms. The quantitative estimate of drug-likeness (QED) is 0.911. The Morgan fingerprint density at radius 2 is 1.71 bits per heavy atom. The van der Waals surface area contributed by atoms with Gasteiger partial charge in [-0.2, -0.15) is 0 Å². The summed E-state index contributed by atoms with van der Waals surface area (Å²) in [4.78, 5) is 24.1. The Morgan fingerprint density at radius 1 is 1.00 bits per heavy atom. The molecule has 124 valence electrons. The van der Waals surface area contributed by atoms with Gasteiger partial charge in [-0.05, 0) is 37.3 Å². The molecule has 0 spiro atoms. The Bertz CT molecular complexity index is 784. The third-order valence-corrected chi connectivity index (χ3v) is 4.42. The van der Waals surface area contributed by atoms with Gasteiger partial charge in [-0.15, -0.1) is 0 Å². The lowest BCUT2D eigenvalue weighted by Gasteiger charge is -2.10. The maximum Gasteiger partial charge on any atom is 0.259 e. The Morgan fingerprint density at radius 3 is 2.38 bits per heavy atom. The first kappa shape index (κ1) is 16.1. The van der Waals surface area contributed by atoms with Crippen molar-refractivity contribution in [3.63, 3.8) is 0 Å². The number of nitrogens with one attached hydrogen (secondary N) is 2. The number of rotatable bonds is 3. The summed E-state index contributed by atoms with van der Waals surface area (Å²) in [5, 5.41) is 5.41. The zero-order valence-electron chi connectivity index (χ0n) is 13.9. The predicted molar refractivity (Wildman–Crippen MR) is 92.7 cm³/mol. The van der Waals surface area contributed by atoms with E-state index in [-0.39, 0.29) is 23.8 Å². The lowest BCUT2D eigenvalue weighted by molar-refractivity contribution is 0.0962. The van der Waals surface area contributed by atoms with Crippen molar-refractivity contribution in [3.8, 4) is 5.75 Å². The van der Waals surface area contributed by atoms with Gasteiger partial charge in [-0.3, -0.25) is 9.59 Å². The monoisotopic (exact) mass is 324 g/mol. The molecule has 24 heavy (non-hydrogen) atoms. The molecule has 1 aliphatic heterocycles. The Kier molecular flexibility index (Phi) is 4.25. The van der Waals surface area contributed by atoms with Crippen LogP contribution >= 0.6 is 0 Å². The maximum absolute atomic E-state index is 12.6. The van der Waals surface area contributed by atoms with Crippen molar-refractivity contribution in [2.75, 3.05) is 12.4 Å². The van der Waals surface area contributed by atoms with Gasteiger partial charge in [-0.1, -0.05) is 19.1 Å². The molecule has 3 rings (SSSR count). The van der Waals surface area contributed by atoms with E-state index >= 15 is 0 Å². The third kappa shape index (κ3) is 2.85. The van der Waals surface area contributed by atoms with E-state index in [2.05, 4.69) is 17.6 Å². The van der Waals surface area contributed by atoms with Crippen molar-refractivity contribution in [3.05, 3.63) is 59.2 Å². The summed E-state index contributed by atoms with van der Waals surface area (Å²) in [5.41, 5.74) is 2.76. The van der Waals surface area contributed by atoms with Gasteiger partial charge >= 0.3 is 0 Å². The second kappa shape index (κ2) is 6.35. The highest BCUT2D eigenvalue weighted by molar-refractivity contribution is 6.07. The number of hydrogen-bond acceptors (Lipinski definition) is 3. The average molecular weight is 324 g/mol. The molecule has 2 amide bonds. The van der Waals surface area contributed by atoms with Crippen LogP contribution in [0.3, 0.4) is 0 Å². The highest BCUT2D eigenvalue weighted by atomic mass is 16.5. The molecule has 5 nitrogen and oxygen atoms in total. The van der Waals surface area contributed by atoms with Crippen molar-refractivity contribution in [1.29, 1.82) is 0 Å². The highest BCUT2D eigenvalue weighted by Crippen LogP contribution is 2.40. The van der Waals surface area contributed by atoms with Crippen molar-refractivity contribution in [2.45, 2.75) is 25.9 Å². The van der Waals surface area contributed by atoms with E-state index < -0.39 is 0 Å². The molecule has 0 saturated carbocycles. The highest BCUT2D eigenvalue weighted by Gasteiger charge is 2.31. The van der Waals surface area contributed by atoms with Crippen LogP contribution in [0, 0.1) is 0 Å². The largest absolute Gasteiger partial charge is 0.489 e. The number of carbonyl (C=O) groups excluding carboxylic acids is 2. The van der Waals surface area contributed by atoms with Gasteiger partial charge in [-0.25, -0.2) is 0 Å². The first-order chi connectivity index (χ1) is 11.5. The summed E-state index contributed by atoms with van der Waals surface area (Å²) in [6, 6.07) is 12.4. The molecule has 1 aliphatic rings. The minimum Gasteiger partial charge on any atom is -0.489 e. The zero-order chi connectivity index (χ0) is 17.3. The summed E-state index contributed by atoms with van der Waals surface area (Å²) >= 11 is 0. The Balaban J connectivity index is 1.81. The Hall–Kier alpha value is -2.82. The van der Waals surface area contributed by atoms with Crippen molar-refractivity contribution in [1.82, 2.24) is 5.32 Å². The SMILES string of the molecule is CNC(=O)c1ccc(NC(=O)c2cccc3c2OC(C)C3C)cc1. The number of benzene rings is 2. The van der Waals surface area contributed by atoms with Gasteiger partial charge in [0, 0.05) is 29.8 Å². The van der Waals surface area contributed by atoms with Crippen LogP contribution in [0.1, 0.15) is 46.0 Å². The van der Waals surface area contributed by atoms with Crippen LogP contribution in [0.4, 0.5) is 5.69 Å². The number of hydrogen-bond donors (Lipinski definition) is 2. The standard InChI is InChI=1S/C19H20N2O3/c1-11-12(2)24-17-15(11)5-4-6-16(17)19(23)21-14-9-7-13(8-10-14)18(22)20-3/h4-12H,1-3H3,(H,20,22)(H,21,23). The second-order valence-electron chi connectivity index (χ2n) is 5.95. The molecule has 0 saturated heterocycles. The molecular formula is C19H20N2O3. The van der Waals surface area contributed by atoms with Crippen LogP contribution in [0.2, 0.25) is 0 Å². The Labute approximate surface area is 141 Å². The van der Waals surface area contributed by atoms with E-state index in [9.17, 15) is 9.59 Å². The van der Waals surface area contributed by atoms with E-state index in [4.69, 9.17) is 4.74 Å². The number of ether oxygens (including phenoxy) is 1. The van der Waals surface area contributed by atoms with Gasteiger partial charge in [0.25, 0.3) is 11.8 Å². The molecule has 2 N–H and O–H groups in total. The molecule has 2 aromatic carbocycles. The van der Waals surface area contributed by atoms with E-state index in [0.29, 0.717) is 22.6 Å². The molecule has 1 heterocycles. The lowest BCUT2D eigenvalue weighted by Crippen LogP contribution is -2.18. The topological polar surface area (TPSA) is 67.4 Å². The van der Waals surface area contributed by atoms with Gasteiger partial charge in [0.05, 0.1) is 5.56 Å². The third-order valence-electron chi connectivity index (χ3n) is 4.42. The molecule has 0 fully saturated rings. The van der Waals surface area contributed by atoms with Crippen molar-refractivity contribution in [2.24, 2.45) is 0 Å². The summed E-state index contributed by atoms with van der Waals surface area (Å²) < 4.78 is 5.86. The van der Waals surface area contributed by atoms with Crippen molar-refractivity contribution < 1.29 is 14.3 Å². The molecule has 0 aromatic heterocycles. The predicted octanol–water partition coefficient (Wildman–Crippen LogP) is 3.18. The van der Waals surface area contributed by atoms with Gasteiger partial charge < -0.3 is 15.4 Å². The normalized spacial score (nSPS) is 18.5. The molecule has 0 radical (unpaired) electrons. The van der Waals surface area contributed by atoms with E-state index in [1.807, 2.05) is 19.1 Å². The smallest absolute Gasteiger partial charge is 0.259 e. The van der Waals surface area contributed by atoms with Crippen molar-refractivity contribution >= 4 is 17.5 Å². The summed E-state index contributed by atoms with van der Waals surface area (Å²) in [5.74, 6) is 0.544. The number of carbonyl (C=O) groups is 2. The maximum atomic E-state index is 12.6. The number of fused-ring (bicyclic) bond motifs is 1. The number of anilines is 1. The molecule has 2 atom stereocenters. The van der Waals surface area contributed by atoms with Gasteiger partial charge in [0.1, 0.15) is 11.9 Å². The fourth-order valence-corrected chi connectivity index (χ4v) is 2.81. The number of para-hydroxylation sites is 1. The summed E-state index contributed by atoms with van der Waals surface area (Å²) in [6.45, 7) is 4.10. The minimum absolute atomic E-state index is 0.0563. The molecule has 2 aromatic rings.